The van der Waals surface area contributed by atoms with Crippen molar-refractivity contribution in [1.29, 1.82) is 0 Å². The fourth-order valence-electron chi connectivity index (χ4n) is 3.19. The molecular weight excluding hydrogens is 320 g/mol. The van der Waals surface area contributed by atoms with E-state index in [0.29, 0.717) is 26.1 Å². The second-order valence-corrected chi connectivity index (χ2v) is 7.16. The number of unbranched alkanes of at least 4 members (excludes halogenated alkanes) is 1. The third kappa shape index (κ3) is 8.27. The highest BCUT2D eigenvalue weighted by Crippen LogP contribution is 2.33. The van der Waals surface area contributed by atoms with Crippen LogP contribution in [0, 0.1) is 11.8 Å². The molecule has 0 heterocycles. The van der Waals surface area contributed by atoms with Gasteiger partial charge in [-0.15, -0.1) is 0 Å². The minimum Gasteiger partial charge on any atom is -0.394 e. The van der Waals surface area contributed by atoms with Gasteiger partial charge in [-0.1, -0.05) is 44.1 Å². The summed E-state index contributed by atoms with van der Waals surface area (Å²) in [5.41, 5.74) is -0.737. The number of allylic oxidation sites excluding steroid dienone is 1. The number of carbonyl (C=O) groups is 1. The topological polar surface area (TPSA) is 87.0 Å². The highest BCUT2D eigenvalue weighted by Gasteiger charge is 2.39. The minimum atomic E-state index is -0.737. The average Bonchev–Trinajstić information content (AvgIpc) is 2.82. The van der Waals surface area contributed by atoms with E-state index in [1.165, 1.54) is 0 Å². The van der Waals surface area contributed by atoms with Gasteiger partial charge in [0.25, 0.3) is 0 Å². The summed E-state index contributed by atoms with van der Waals surface area (Å²) < 4.78 is 5.14. The summed E-state index contributed by atoms with van der Waals surface area (Å²) in [7, 11) is 0. The summed E-state index contributed by atoms with van der Waals surface area (Å²) in [6.07, 6.45) is 11.0. The van der Waals surface area contributed by atoms with Crippen molar-refractivity contribution < 1.29 is 24.9 Å². The number of carbonyl (C=O) groups excluding carboxylic acids is 1. The Balaban J connectivity index is 2.53. The van der Waals surface area contributed by atoms with Gasteiger partial charge in [-0.25, -0.2) is 0 Å². The van der Waals surface area contributed by atoms with Crippen molar-refractivity contribution in [2.24, 2.45) is 11.8 Å². The maximum absolute atomic E-state index is 12.1. The number of Topliss-reactive ketones (excluding diaryl/α,β-unsaturated/α-hetero) is 1. The molecule has 0 aromatic rings. The van der Waals surface area contributed by atoms with Gasteiger partial charge in [0.05, 0.1) is 31.5 Å². The first kappa shape index (κ1) is 22.0. The molecule has 1 fully saturated rings. The van der Waals surface area contributed by atoms with E-state index >= 15 is 0 Å². The first-order chi connectivity index (χ1) is 11.9. The monoisotopic (exact) mass is 354 g/mol. The molecule has 25 heavy (non-hydrogen) atoms. The van der Waals surface area contributed by atoms with Crippen LogP contribution >= 0.6 is 0 Å². The predicted molar refractivity (Wildman–Crippen MR) is 98.2 cm³/mol. The van der Waals surface area contributed by atoms with Crippen molar-refractivity contribution in [3.8, 4) is 0 Å². The molecule has 0 aliphatic heterocycles. The smallest absolute Gasteiger partial charge is 0.139 e. The van der Waals surface area contributed by atoms with Gasteiger partial charge in [-0.3, -0.25) is 4.79 Å². The second-order valence-electron chi connectivity index (χ2n) is 7.16. The first-order valence-electron chi connectivity index (χ1n) is 9.34. The number of ketones is 1. The Morgan fingerprint density at radius 1 is 1.32 bits per heavy atom. The molecule has 4 unspecified atom stereocenters. The number of aliphatic hydroxyl groups is 3. The molecular formula is C20H34O5. The van der Waals surface area contributed by atoms with E-state index in [1.807, 2.05) is 31.2 Å². The van der Waals surface area contributed by atoms with Crippen molar-refractivity contribution in [1.82, 2.24) is 0 Å². The predicted octanol–water partition coefficient (Wildman–Crippen LogP) is 2.40. The fourth-order valence-corrected chi connectivity index (χ4v) is 3.19. The largest absolute Gasteiger partial charge is 0.394 e. The molecule has 0 bridgehead atoms. The lowest BCUT2D eigenvalue weighted by Crippen LogP contribution is -2.23. The van der Waals surface area contributed by atoms with Gasteiger partial charge in [-0.05, 0) is 26.2 Å². The molecule has 1 aliphatic rings. The van der Waals surface area contributed by atoms with E-state index in [9.17, 15) is 15.0 Å². The van der Waals surface area contributed by atoms with E-state index in [0.717, 1.165) is 19.3 Å². The van der Waals surface area contributed by atoms with Crippen LogP contribution in [0.3, 0.4) is 0 Å². The number of hydrogen-bond donors (Lipinski definition) is 3. The van der Waals surface area contributed by atoms with Gasteiger partial charge < -0.3 is 20.1 Å². The van der Waals surface area contributed by atoms with E-state index in [-0.39, 0.29) is 30.6 Å². The highest BCUT2D eigenvalue weighted by molar-refractivity contribution is 5.84. The molecule has 5 heteroatoms. The van der Waals surface area contributed by atoms with Crippen molar-refractivity contribution in [3.63, 3.8) is 0 Å². The maximum atomic E-state index is 12.1. The lowest BCUT2D eigenvalue weighted by atomic mass is 9.89. The van der Waals surface area contributed by atoms with Crippen LogP contribution in [-0.2, 0) is 9.53 Å². The van der Waals surface area contributed by atoms with Crippen molar-refractivity contribution in [2.75, 3.05) is 19.8 Å². The van der Waals surface area contributed by atoms with Crippen molar-refractivity contribution >= 4 is 5.78 Å². The summed E-state index contributed by atoms with van der Waals surface area (Å²) in [5, 5.41) is 29.1. The van der Waals surface area contributed by atoms with E-state index in [1.54, 1.807) is 0 Å². The molecule has 3 N–H and O–H groups in total. The summed E-state index contributed by atoms with van der Waals surface area (Å²) in [6, 6.07) is 0. The number of rotatable bonds is 12. The van der Waals surface area contributed by atoms with Gasteiger partial charge in [0.15, 0.2) is 0 Å². The molecule has 5 nitrogen and oxygen atoms in total. The number of aliphatic hydroxyl groups excluding tert-OH is 2. The zero-order valence-corrected chi connectivity index (χ0v) is 15.6. The van der Waals surface area contributed by atoms with Crippen LogP contribution in [0.5, 0.6) is 0 Å². The highest BCUT2D eigenvalue weighted by atomic mass is 16.5. The summed E-state index contributed by atoms with van der Waals surface area (Å²) in [4.78, 5) is 12.1. The first-order valence-corrected chi connectivity index (χ1v) is 9.34. The number of hydrogen-bond acceptors (Lipinski definition) is 5. The van der Waals surface area contributed by atoms with Gasteiger partial charge in [-0.2, -0.15) is 0 Å². The fraction of sp³-hybridized carbons (Fsp3) is 0.750. The van der Waals surface area contributed by atoms with E-state index < -0.39 is 11.7 Å². The van der Waals surface area contributed by atoms with Gasteiger partial charge >= 0.3 is 0 Å². The van der Waals surface area contributed by atoms with Crippen LogP contribution < -0.4 is 0 Å². The van der Waals surface area contributed by atoms with Crippen LogP contribution in [0.4, 0.5) is 0 Å². The van der Waals surface area contributed by atoms with Crippen LogP contribution in [-0.4, -0.2) is 52.6 Å². The van der Waals surface area contributed by atoms with Crippen LogP contribution in [0.25, 0.3) is 0 Å². The zero-order chi connectivity index (χ0) is 18.7. The van der Waals surface area contributed by atoms with Crippen LogP contribution in [0.15, 0.2) is 24.3 Å². The lowest BCUT2D eigenvalue weighted by Gasteiger charge is -2.22. The molecule has 144 valence electrons. The standard InChI is InChI=1S/C20H34O5/c1-3-4-10-20(2,24)11-7-9-17-16(18(22)15-19(17)23)8-5-6-13-25-14-12-21/h5-7,9,16-17,19,21,23-24H,3-4,8,10-15H2,1-2H3/b6-5-,9-7+. The van der Waals surface area contributed by atoms with E-state index in [4.69, 9.17) is 9.84 Å². The van der Waals surface area contributed by atoms with Gasteiger partial charge in [0, 0.05) is 18.3 Å². The Morgan fingerprint density at radius 2 is 2.08 bits per heavy atom. The third-order valence-electron chi connectivity index (χ3n) is 4.72. The minimum absolute atomic E-state index is 0.00392. The van der Waals surface area contributed by atoms with Crippen LogP contribution in [0.1, 0.15) is 52.4 Å². The Kier molecular flexibility index (Phi) is 10.2. The molecule has 1 aliphatic carbocycles. The Morgan fingerprint density at radius 3 is 2.76 bits per heavy atom. The third-order valence-corrected chi connectivity index (χ3v) is 4.72. The Hall–Kier alpha value is -1.01. The van der Waals surface area contributed by atoms with Gasteiger partial charge in [0.1, 0.15) is 5.78 Å². The average molecular weight is 354 g/mol. The lowest BCUT2D eigenvalue weighted by molar-refractivity contribution is -0.121. The second kappa shape index (κ2) is 11.6. The Bertz CT molecular complexity index is 441. The molecule has 0 radical (unpaired) electrons. The van der Waals surface area contributed by atoms with Crippen molar-refractivity contribution in [2.45, 2.75) is 64.1 Å². The summed E-state index contributed by atoms with van der Waals surface area (Å²) >= 11 is 0. The molecule has 0 saturated heterocycles. The SMILES string of the molecule is CCCCC(C)(O)C/C=C/C1C(O)CC(=O)C1C/C=C\COCCO. The molecule has 0 aromatic carbocycles. The van der Waals surface area contributed by atoms with E-state index in [2.05, 4.69) is 6.92 Å². The molecule has 0 spiro atoms. The molecule has 4 atom stereocenters. The zero-order valence-electron chi connectivity index (χ0n) is 15.6. The summed E-state index contributed by atoms with van der Waals surface area (Å²) in [6.45, 7) is 4.63. The van der Waals surface area contributed by atoms with Crippen molar-refractivity contribution in [3.05, 3.63) is 24.3 Å². The number of ether oxygens (including phenoxy) is 1. The molecule has 1 rings (SSSR count). The summed E-state index contributed by atoms with van der Waals surface area (Å²) in [5.74, 6) is -0.334. The quantitative estimate of drug-likeness (QED) is 0.370. The molecule has 0 amide bonds. The Labute approximate surface area is 151 Å². The molecule has 0 aromatic heterocycles. The van der Waals surface area contributed by atoms with Gasteiger partial charge in [0.2, 0.25) is 0 Å². The molecule has 1 saturated carbocycles. The normalized spacial score (nSPS) is 26.8. The van der Waals surface area contributed by atoms with Crippen LogP contribution in [0.2, 0.25) is 0 Å². The maximum Gasteiger partial charge on any atom is 0.139 e.